The maximum absolute atomic E-state index is 13.9. The Morgan fingerprint density at radius 2 is 1.70 bits per heavy atom. The van der Waals surface area contributed by atoms with Crippen LogP contribution in [0, 0.1) is 5.82 Å². The van der Waals surface area contributed by atoms with Crippen LogP contribution in [0.4, 0.5) is 10.1 Å². The third kappa shape index (κ3) is 5.78. The van der Waals surface area contributed by atoms with Crippen molar-refractivity contribution < 1.29 is 23.3 Å². The van der Waals surface area contributed by atoms with Crippen molar-refractivity contribution in [1.82, 2.24) is 15.0 Å². The summed E-state index contributed by atoms with van der Waals surface area (Å²) in [5, 5.41) is 3.91. The molecule has 0 saturated heterocycles. The van der Waals surface area contributed by atoms with E-state index in [0.717, 1.165) is 11.8 Å². The molecule has 2 heterocycles. The van der Waals surface area contributed by atoms with E-state index in [1.54, 1.807) is 43.6 Å². The molecule has 8 nitrogen and oxygen atoms in total. The van der Waals surface area contributed by atoms with E-state index in [1.807, 2.05) is 19.1 Å². The number of ketones is 1. The maximum atomic E-state index is 13.9. The van der Waals surface area contributed by atoms with Crippen LogP contribution in [-0.2, 0) is 6.54 Å². The number of pyridine rings is 1. The quantitative estimate of drug-likeness (QED) is 0.313. The van der Waals surface area contributed by atoms with Gasteiger partial charge in [0.15, 0.2) is 17.2 Å². The van der Waals surface area contributed by atoms with Gasteiger partial charge in [-0.1, -0.05) is 29.4 Å². The van der Waals surface area contributed by atoms with Crippen LogP contribution in [0.2, 0.25) is 0 Å². The highest BCUT2D eigenvalue weighted by Crippen LogP contribution is 2.24. The summed E-state index contributed by atoms with van der Waals surface area (Å²) in [4.78, 5) is 45.5. The number of amides is 2. The fourth-order valence-corrected chi connectivity index (χ4v) is 3.77. The highest BCUT2D eigenvalue weighted by molar-refractivity contribution is 6.06. The predicted molar refractivity (Wildman–Crippen MR) is 135 cm³/mol. The third-order valence-corrected chi connectivity index (χ3v) is 5.99. The molecule has 0 fully saturated rings. The number of rotatable bonds is 8. The van der Waals surface area contributed by atoms with Crippen LogP contribution in [0.15, 0.2) is 83.5 Å². The number of halogens is 1. The highest BCUT2D eigenvalue weighted by atomic mass is 19.1. The first kappa shape index (κ1) is 25.4. The number of benzene rings is 2. The van der Waals surface area contributed by atoms with Crippen molar-refractivity contribution in [3.63, 3.8) is 0 Å². The molecular weight excluding hydrogens is 475 g/mol. The second kappa shape index (κ2) is 10.9. The van der Waals surface area contributed by atoms with Crippen molar-refractivity contribution in [2.24, 2.45) is 0 Å². The summed E-state index contributed by atoms with van der Waals surface area (Å²) in [6.07, 6.45) is 1.66. The van der Waals surface area contributed by atoms with E-state index in [4.69, 9.17) is 4.52 Å². The van der Waals surface area contributed by atoms with Crippen molar-refractivity contribution in [3.8, 4) is 0 Å². The first-order valence-corrected chi connectivity index (χ1v) is 11.6. The normalized spacial score (nSPS) is 11.6. The van der Waals surface area contributed by atoms with Crippen LogP contribution in [0.3, 0.4) is 0 Å². The summed E-state index contributed by atoms with van der Waals surface area (Å²) >= 11 is 0. The van der Waals surface area contributed by atoms with E-state index in [2.05, 4.69) is 10.1 Å². The Labute approximate surface area is 213 Å². The van der Waals surface area contributed by atoms with Gasteiger partial charge in [-0.05, 0) is 56.3 Å². The lowest BCUT2D eigenvalue weighted by molar-refractivity contribution is 0.0728. The highest BCUT2D eigenvalue weighted by Gasteiger charge is 2.25. The summed E-state index contributed by atoms with van der Waals surface area (Å²) in [6, 6.07) is 18.5. The summed E-state index contributed by atoms with van der Waals surface area (Å²) in [6.45, 7) is 3.17. The lowest BCUT2D eigenvalue weighted by atomic mass is 10.1. The lowest BCUT2D eigenvalue weighted by Gasteiger charge is -2.23. The van der Waals surface area contributed by atoms with E-state index < -0.39 is 11.7 Å². The Hall–Kier alpha value is -4.66. The molecule has 4 rings (SSSR count). The molecule has 2 aromatic carbocycles. The number of aromatic nitrogens is 2. The Morgan fingerprint density at radius 1 is 0.946 bits per heavy atom. The molecule has 0 bridgehead atoms. The van der Waals surface area contributed by atoms with Crippen LogP contribution >= 0.6 is 0 Å². The van der Waals surface area contributed by atoms with Crippen molar-refractivity contribution >= 4 is 23.3 Å². The van der Waals surface area contributed by atoms with Crippen molar-refractivity contribution in [1.29, 1.82) is 0 Å². The second-order valence-corrected chi connectivity index (χ2v) is 8.53. The van der Waals surface area contributed by atoms with Gasteiger partial charge in [0.25, 0.3) is 11.8 Å². The van der Waals surface area contributed by atoms with Gasteiger partial charge >= 0.3 is 0 Å². The summed E-state index contributed by atoms with van der Waals surface area (Å²) in [7, 11) is 1.64. The minimum atomic E-state index is -0.555. The van der Waals surface area contributed by atoms with Crippen molar-refractivity contribution in [2.75, 3.05) is 11.9 Å². The van der Waals surface area contributed by atoms with Gasteiger partial charge in [0, 0.05) is 36.1 Å². The number of hydrogen-bond acceptors (Lipinski definition) is 6. The van der Waals surface area contributed by atoms with Gasteiger partial charge in [-0.3, -0.25) is 19.4 Å². The van der Waals surface area contributed by atoms with Gasteiger partial charge in [0.1, 0.15) is 5.82 Å². The van der Waals surface area contributed by atoms with Crippen LogP contribution in [0.25, 0.3) is 0 Å². The minimum absolute atomic E-state index is 0.0657. The monoisotopic (exact) mass is 500 g/mol. The lowest BCUT2D eigenvalue weighted by Crippen LogP contribution is -2.31. The fraction of sp³-hybridized carbons (Fsp3) is 0.179. The van der Waals surface area contributed by atoms with Crippen LogP contribution < -0.4 is 4.90 Å². The van der Waals surface area contributed by atoms with E-state index in [9.17, 15) is 18.8 Å². The standard InChI is InChI=1S/C28H25FN4O4/c1-18(25-12-4-5-13-30-25)32(3)28(36)26-16-24(37-31-26)17-33(23-11-7-8-20(15-23)19(2)34)27(35)21-9-6-10-22(29)14-21/h4-16,18H,17H2,1-3H3. The molecular formula is C28H25FN4O4. The first-order chi connectivity index (χ1) is 17.7. The smallest absolute Gasteiger partial charge is 0.276 e. The number of nitrogens with zero attached hydrogens (tertiary/aromatic N) is 4. The molecule has 37 heavy (non-hydrogen) atoms. The zero-order valence-electron chi connectivity index (χ0n) is 20.6. The zero-order valence-corrected chi connectivity index (χ0v) is 20.6. The van der Waals surface area contributed by atoms with Crippen molar-refractivity contribution in [2.45, 2.75) is 26.4 Å². The van der Waals surface area contributed by atoms with Crippen molar-refractivity contribution in [3.05, 3.63) is 113 Å². The number of hydrogen-bond donors (Lipinski definition) is 0. The van der Waals surface area contributed by atoms with Gasteiger partial charge in [0.05, 0.1) is 18.3 Å². The Bertz CT molecular complexity index is 1440. The van der Waals surface area contributed by atoms with Crippen LogP contribution in [-0.4, -0.2) is 39.7 Å². The summed E-state index contributed by atoms with van der Waals surface area (Å²) in [5.41, 5.74) is 1.73. The Morgan fingerprint density at radius 3 is 2.41 bits per heavy atom. The molecule has 0 aliphatic heterocycles. The molecule has 4 aromatic rings. The molecule has 0 saturated carbocycles. The van der Waals surface area contributed by atoms with E-state index in [1.165, 1.54) is 41.0 Å². The Kier molecular flexibility index (Phi) is 7.52. The molecule has 188 valence electrons. The average molecular weight is 501 g/mol. The molecule has 1 unspecified atom stereocenters. The molecule has 0 N–H and O–H groups in total. The fourth-order valence-electron chi connectivity index (χ4n) is 3.77. The number of anilines is 1. The second-order valence-electron chi connectivity index (χ2n) is 8.53. The predicted octanol–water partition coefficient (Wildman–Crippen LogP) is 5.09. The minimum Gasteiger partial charge on any atom is -0.359 e. The molecule has 0 radical (unpaired) electrons. The zero-order chi connectivity index (χ0) is 26.5. The van der Waals surface area contributed by atoms with E-state index in [-0.39, 0.29) is 41.3 Å². The molecule has 0 aliphatic carbocycles. The van der Waals surface area contributed by atoms with Gasteiger partial charge in [-0.2, -0.15) is 0 Å². The summed E-state index contributed by atoms with van der Waals surface area (Å²) in [5.74, 6) is -1.38. The van der Waals surface area contributed by atoms with Crippen LogP contribution in [0.1, 0.15) is 62.5 Å². The van der Waals surface area contributed by atoms with Crippen LogP contribution in [0.5, 0.6) is 0 Å². The molecule has 9 heteroatoms. The SMILES string of the molecule is CC(=O)c1cccc(N(Cc2cc(C(=O)N(C)C(C)c3ccccn3)no2)C(=O)c2cccc(F)c2)c1. The number of carbonyl (C=O) groups is 3. The van der Waals surface area contributed by atoms with Gasteiger partial charge < -0.3 is 14.3 Å². The van der Waals surface area contributed by atoms with Gasteiger partial charge in [-0.15, -0.1) is 0 Å². The van der Waals surface area contributed by atoms with E-state index >= 15 is 0 Å². The molecule has 2 amide bonds. The largest absolute Gasteiger partial charge is 0.359 e. The molecule has 0 spiro atoms. The average Bonchev–Trinajstić information content (AvgIpc) is 3.39. The summed E-state index contributed by atoms with van der Waals surface area (Å²) < 4.78 is 19.3. The third-order valence-electron chi connectivity index (χ3n) is 5.99. The van der Waals surface area contributed by atoms with Gasteiger partial charge in [0.2, 0.25) is 0 Å². The maximum Gasteiger partial charge on any atom is 0.276 e. The number of Topliss-reactive ketones (excluding diaryl/α,β-unsaturated/α-hetero) is 1. The van der Waals surface area contributed by atoms with E-state index in [0.29, 0.717) is 11.3 Å². The molecule has 2 aromatic heterocycles. The topological polar surface area (TPSA) is 96.6 Å². The number of carbonyl (C=O) groups excluding carboxylic acids is 3. The molecule has 0 aliphatic rings. The Balaban J connectivity index is 1.61. The molecule has 1 atom stereocenters. The first-order valence-electron chi connectivity index (χ1n) is 11.6. The van der Waals surface area contributed by atoms with Gasteiger partial charge in [-0.25, -0.2) is 4.39 Å².